The molecular weight excluding hydrogens is 360 g/mol. The van der Waals surface area contributed by atoms with Crippen molar-refractivity contribution in [1.82, 2.24) is 9.47 Å². The van der Waals surface area contributed by atoms with Crippen molar-refractivity contribution in [2.45, 2.75) is 46.7 Å². The number of rotatable bonds is 7. The summed E-state index contributed by atoms with van der Waals surface area (Å²) in [5.41, 5.74) is 2.44. The Morgan fingerprint density at radius 2 is 2.07 bits per heavy atom. The molecule has 1 atom stereocenters. The maximum absolute atomic E-state index is 12.5. The van der Waals surface area contributed by atoms with Gasteiger partial charge in [0.25, 0.3) is 0 Å². The monoisotopic (exact) mass is 386 g/mol. The van der Waals surface area contributed by atoms with Crippen molar-refractivity contribution < 1.29 is 23.5 Å². The van der Waals surface area contributed by atoms with E-state index >= 15 is 0 Å². The number of furan rings is 1. The molecule has 2 aromatic rings. The van der Waals surface area contributed by atoms with E-state index < -0.39 is 11.9 Å². The largest absolute Gasteiger partial charge is 0.467 e. The fraction of sp³-hybridized carbons (Fsp3) is 0.476. The van der Waals surface area contributed by atoms with Crippen molar-refractivity contribution in [2.75, 3.05) is 13.2 Å². The molecular formula is C21H26N2O5. The highest BCUT2D eigenvalue weighted by Crippen LogP contribution is 2.23. The predicted octanol–water partition coefficient (Wildman–Crippen LogP) is 3.05. The average molecular weight is 386 g/mol. The molecule has 2 aromatic heterocycles. The topological polar surface area (TPSA) is 81.8 Å². The Morgan fingerprint density at radius 3 is 2.68 bits per heavy atom. The number of hydrogen-bond donors (Lipinski definition) is 0. The minimum Gasteiger partial charge on any atom is -0.467 e. The summed E-state index contributed by atoms with van der Waals surface area (Å²) in [7, 11) is 0. The van der Waals surface area contributed by atoms with E-state index in [1.54, 1.807) is 23.3 Å². The highest BCUT2D eigenvalue weighted by atomic mass is 16.5. The summed E-state index contributed by atoms with van der Waals surface area (Å²) in [4.78, 5) is 38.6. The molecule has 0 radical (unpaired) electrons. The Morgan fingerprint density at radius 1 is 1.32 bits per heavy atom. The molecule has 0 bridgehead atoms. The Hall–Kier alpha value is -2.83. The molecule has 150 valence electrons. The van der Waals surface area contributed by atoms with Gasteiger partial charge in [-0.05, 0) is 45.9 Å². The Kier molecular flexibility index (Phi) is 5.72. The summed E-state index contributed by atoms with van der Waals surface area (Å²) in [5, 5.41) is 0. The predicted molar refractivity (Wildman–Crippen MR) is 102 cm³/mol. The number of likely N-dealkylation sites (tertiary alicyclic amines) is 1. The van der Waals surface area contributed by atoms with E-state index in [0.29, 0.717) is 17.9 Å². The molecule has 3 heterocycles. The van der Waals surface area contributed by atoms with E-state index in [0.717, 1.165) is 11.4 Å². The number of carbonyl (C=O) groups is 3. The van der Waals surface area contributed by atoms with E-state index in [2.05, 4.69) is 18.4 Å². The van der Waals surface area contributed by atoms with Gasteiger partial charge in [-0.2, -0.15) is 0 Å². The lowest BCUT2D eigenvalue weighted by Gasteiger charge is -2.15. The number of ether oxygens (including phenoxy) is 1. The lowest BCUT2D eigenvalue weighted by Crippen LogP contribution is -2.27. The fourth-order valence-electron chi connectivity index (χ4n) is 3.86. The van der Waals surface area contributed by atoms with Gasteiger partial charge < -0.3 is 18.6 Å². The second-order valence-electron chi connectivity index (χ2n) is 7.53. The van der Waals surface area contributed by atoms with Crippen molar-refractivity contribution >= 4 is 17.7 Å². The zero-order chi connectivity index (χ0) is 20.4. The molecule has 0 saturated carbocycles. The molecule has 1 amide bonds. The van der Waals surface area contributed by atoms with Gasteiger partial charge in [-0.25, -0.2) is 0 Å². The van der Waals surface area contributed by atoms with Crippen LogP contribution in [-0.4, -0.2) is 40.3 Å². The highest BCUT2D eigenvalue weighted by Gasteiger charge is 2.36. The number of aryl methyl sites for hydroxylation is 1. The van der Waals surface area contributed by atoms with Gasteiger partial charge in [0.15, 0.2) is 6.61 Å². The van der Waals surface area contributed by atoms with Crippen LogP contribution in [0.2, 0.25) is 0 Å². The molecule has 1 fully saturated rings. The molecule has 1 saturated heterocycles. The summed E-state index contributed by atoms with van der Waals surface area (Å²) in [6.07, 6.45) is 1.64. The maximum atomic E-state index is 12.5. The molecule has 0 N–H and O–H groups in total. The van der Waals surface area contributed by atoms with Gasteiger partial charge in [0.05, 0.1) is 18.7 Å². The average Bonchev–Trinajstić information content (AvgIpc) is 3.33. The SMILES string of the molecule is Cc1cc(C(=O)COC(=O)[C@H]2CC(=O)N(Cc3ccco3)C2)c(C)n1C(C)C. The number of aromatic nitrogens is 1. The minimum atomic E-state index is -0.557. The van der Waals surface area contributed by atoms with Crippen molar-refractivity contribution in [3.05, 3.63) is 47.2 Å². The van der Waals surface area contributed by atoms with Crippen LogP contribution in [0.4, 0.5) is 0 Å². The molecule has 7 nitrogen and oxygen atoms in total. The lowest BCUT2D eigenvalue weighted by molar-refractivity contribution is -0.147. The number of amides is 1. The first-order chi connectivity index (χ1) is 13.3. The normalized spacial score (nSPS) is 16.8. The zero-order valence-electron chi connectivity index (χ0n) is 16.7. The second-order valence-corrected chi connectivity index (χ2v) is 7.53. The van der Waals surface area contributed by atoms with Crippen molar-refractivity contribution in [2.24, 2.45) is 5.92 Å². The number of hydrogen-bond acceptors (Lipinski definition) is 5. The van der Waals surface area contributed by atoms with E-state index in [4.69, 9.17) is 9.15 Å². The fourth-order valence-corrected chi connectivity index (χ4v) is 3.86. The molecule has 0 unspecified atom stereocenters. The van der Waals surface area contributed by atoms with Crippen LogP contribution in [0.5, 0.6) is 0 Å². The Bertz CT molecular complexity index is 879. The van der Waals surface area contributed by atoms with Crippen LogP contribution in [0.1, 0.15) is 53.8 Å². The third-order valence-electron chi connectivity index (χ3n) is 5.12. The van der Waals surface area contributed by atoms with Crippen molar-refractivity contribution in [1.29, 1.82) is 0 Å². The molecule has 1 aliphatic heterocycles. The third-order valence-corrected chi connectivity index (χ3v) is 5.12. The van der Waals surface area contributed by atoms with Crippen molar-refractivity contribution in [3.63, 3.8) is 0 Å². The van der Waals surface area contributed by atoms with Crippen LogP contribution in [0.15, 0.2) is 28.9 Å². The van der Waals surface area contributed by atoms with Crippen LogP contribution in [0.3, 0.4) is 0 Å². The molecule has 1 aliphatic rings. The van der Waals surface area contributed by atoms with E-state index in [1.165, 1.54) is 0 Å². The minimum absolute atomic E-state index is 0.0929. The molecule has 28 heavy (non-hydrogen) atoms. The van der Waals surface area contributed by atoms with E-state index in [-0.39, 0.29) is 37.3 Å². The van der Waals surface area contributed by atoms with Crippen LogP contribution in [0, 0.1) is 19.8 Å². The molecule has 3 rings (SSSR count). The van der Waals surface area contributed by atoms with Gasteiger partial charge in [0.1, 0.15) is 5.76 Å². The third kappa shape index (κ3) is 4.03. The molecule has 0 aliphatic carbocycles. The lowest BCUT2D eigenvalue weighted by atomic mass is 10.1. The van der Waals surface area contributed by atoms with Crippen LogP contribution < -0.4 is 0 Å². The number of nitrogens with zero attached hydrogens (tertiary/aromatic N) is 2. The number of esters is 1. The second kappa shape index (κ2) is 8.04. The first-order valence-electron chi connectivity index (χ1n) is 9.46. The zero-order valence-corrected chi connectivity index (χ0v) is 16.7. The smallest absolute Gasteiger partial charge is 0.311 e. The van der Waals surface area contributed by atoms with Gasteiger partial charge in [0.2, 0.25) is 11.7 Å². The van der Waals surface area contributed by atoms with Crippen LogP contribution in [0.25, 0.3) is 0 Å². The van der Waals surface area contributed by atoms with Crippen molar-refractivity contribution in [3.8, 4) is 0 Å². The summed E-state index contributed by atoms with van der Waals surface area (Å²) in [6.45, 7) is 8.24. The number of Topliss-reactive ketones (excluding diaryl/α,β-unsaturated/α-hetero) is 1. The van der Waals surface area contributed by atoms with Gasteiger partial charge in [0, 0.05) is 36.0 Å². The Balaban J connectivity index is 1.56. The quantitative estimate of drug-likeness (QED) is 0.540. The number of ketones is 1. The van der Waals surface area contributed by atoms with Crippen LogP contribution >= 0.6 is 0 Å². The Labute approximate surface area is 164 Å². The molecule has 7 heteroatoms. The van der Waals surface area contributed by atoms with E-state index in [9.17, 15) is 14.4 Å². The summed E-state index contributed by atoms with van der Waals surface area (Å²) >= 11 is 0. The molecule has 0 aromatic carbocycles. The summed E-state index contributed by atoms with van der Waals surface area (Å²) in [6, 6.07) is 5.61. The maximum Gasteiger partial charge on any atom is 0.311 e. The summed E-state index contributed by atoms with van der Waals surface area (Å²) in [5.74, 6) is -0.756. The highest BCUT2D eigenvalue weighted by molar-refractivity contribution is 5.99. The first-order valence-corrected chi connectivity index (χ1v) is 9.46. The van der Waals surface area contributed by atoms with Gasteiger partial charge in [-0.1, -0.05) is 0 Å². The first kappa shape index (κ1) is 19.9. The van der Waals surface area contributed by atoms with Gasteiger partial charge >= 0.3 is 5.97 Å². The van der Waals surface area contributed by atoms with Gasteiger partial charge in [-0.15, -0.1) is 0 Å². The van der Waals surface area contributed by atoms with E-state index in [1.807, 2.05) is 19.9 Å². The van der Waals surface area contributed by atoms with Gasteiger partial charge in [-0.3, -0.25) is 14.4 Å². The summed E-state index contributed by atoms with van der Waals surface area (Å²) < 4.78 is 12.6. The standard InChI is InChI=1S/C21H26N2O5/c1-13(2)23-14(3)8-18(15(23)4)19(24)12-28-21(26)16-9-20(25)22(10-16)11-17-6-5-7-27-17/h5-8,13,16H,9-12H2,1-4H3/t16-/m0/s1. The van der Waals surface area contributed by atoms with Crippen LogP contribution in [-0.2, 0) is 20.9 Å². The number of carbonyl (C=O) groups excluding carboxylic acids is 3. The molecule has 0 spiro atoms.